The molecule has 1 amide bonds. The molecule has 0 saturated heterocycles. The first-order valence-electron chi connectivity index (χ1n) is 8.50. The number of hydrogen-bond acceptors (Lipinski definition) is 6. The Morgan fingerprint density at radius 1 is 1.34 bits per heavy atom. The minimum atomic E-state index is -0.823. The SMILES string of the molecule is COc1cc(C2c3ccc(NC(=O)CCl)cc3OC(=N)C2C#N)cc(Br)c1OC. The van der Waals surface area contributed by atoms with E-state index in [1.807, 2.05) is 6.07 Å². The van der Waals surface area contributed by atoms with Crippen molar-refractivity contribution in [2.45, 2.75) is 5.92 Å². The van der Waals surface area contributed by atoms with Gasteiger partial charge in [-0.2, -0.15) is 5.26 Å². The summed E-state index contributed by atoms with van der Waals surface area (Å²) in [7, 11) is 3.07. The van der Waals surface area contributed by atoms with Crippen LogP contribution in [0, 0.1) is 22.7 Å². The van der Waals surface area contributed by atoms with Crippen LogP contribution in [0.2, 0.25) is 0 Å². The molecule has 2 atom stereocenters. The normalized spacial score (nSPS) is 17.6. The number of fused-ring (bicyclic) bond motifs is 1. The van der Waals surface area contributed by atoms with Gasteiger partial charge in [0.15, 0.2) is 11.5 Å². The van der Waals surface area contributed by atoms with Crippen LogP contribution in [0.1, 0.15) is 17.0 Å². The highest BCUT2D eigenvalue weighted by molar-refractivity contribution is 9.10. The molecule has 0 fully saturated rings. The van der Waals surface area contributed by atoms with E-state index in [2.05, 4.69) is 27.3 Å². The second kappa shape index (κ2) is 8.72. The summed E-state index contributed by atoms with van der Waals surface area (Å²) in [6, 6.07) is 10.9. The number of nitrogens with one attached hydrogen (secondary N) is 2. The van der Waals surface area contributed by atoms with Crippen molar-refractivity contribution in [3.05, 3.63) is 45.9 Å². The lowest BCUT2D eigenvalue weighted by Crippen LogP contribution is -2.31. The van der Waals surface area contributed by atoms with Gasteiger partial charge >= 0.3 is 0 Å². The predicted octanol–water partition coefficient (Wildman–Crippen LogP) is 4.28. The summed E-state index contributed by atoms with van der Waals surface area (Å²) in [5.74, 6) is -0.562. The van der Waals surface area contributed by atoms with Crippen LogP contribution in [0.3, 0.4) is 0 Å². The molecule has 2 aromatic rings. The molecule has 0 spiro atoms. The number of alkyl halides is 1. The van der Waals surface area contributed by atoms with Crippen molar-refractivity contribution in [1.29, 1.82) is 10.7 Å². The van der Waals surface area contributed by atoms with Crippen molar-refractivity contribution < 1.29 is 19.0 Å². The van der Waals surface area contributed by atoms with Gasteiger partial charge in [-0.1, -0.05) is 6.07 Å². The molecule has 1 aliphatic rings. The third-order valence-corrected chi connectivity index (χ3v) is 5.38. The molecule has 29 heavy (non-hydrogen) atoms. The highest BCUT2D eigenvalue weighted by atomic mass is 79.9. The molecule has 1 aliphatic heterocycles. The Bertz CT molecular complexity index is 1020. The van der Waals surface area contributed by atoms with E-state index in [0.29, 0.717) is 27.4 Å². The maximum Gasteiger partial charge on any atom is 0.239 e. The Morgan fingerprint density at radius 3 is 2.72 bits per heavy atom. The van der Waals surface area contributed by atoms with E-state index in [1.54, 1.807) is 24.3 Å². The average Bonchev–Trinajstić information content (AvgIpc) is 2.71. The lowest BCUT2D eigenvalue weighted by Gasteiger charge is -2.31. The van der Waals surface area contributed by atoms with E-state index < -0.39 is 11.8 Å². The number of amides is 1. The van der Waals surface area contributed by atoms with Crippen LogP contribution in [-0.2, 0) is 4.79 Å². The molecule has 9 heteroatoms. The topological polar surface area (TPSA) is 104 Å². The third kappa shape index (κ3) is 4.02. The largest absolute Gasteiger partial charge is 0.493 e. The number of anilines is 1. The summed E-state index contributed by atoms with van der Waals surface area (Å²) in [5, 5.41) is 20.6. The molecular weight excluding hydrogens is 462 g/mol. The first-order chi connectivity index (χ1) is 13.9. The number of rotatable bonds is 5. The number of carbonyl (C=O) groups excluding carboxylic acids is 1. The maximum absolute atomic E-state index is 11.6. The highest BCUT2D eigenvalue weighted by Crippen LogP contribution is 2.46. The maximum atomic E-state index is 11.6. The van der Waals surface area contributed by atoms with Gasteiger partial charge in [0.2, 0.25) is 11.8 Å². The van der Waals surface area contributed by atoms with E-state index in [4.69, 9.17) is 31.2 Å². The van der Waals surface area contributed by atoms with Crippen LogP contribution < -0.4 is 19.5 Å². The first-order valence-corrected chi connectivity index (χ1v) is 9.83. The van der Waals surface area contributed by atoms with Crippen LogP contribution >= 0.6 is 27.5 Å². The molecule has 0 aromatic heterocycles. The predicted molar refractivity (Wildman–Crippen MR) is 112 cm³/mol. The lowest BCUT2D eigenvalue weighted by atomic mass is 9.79. The van der Waals surface area contributed by atoms with Gasteiger partial charge in [0.25, 0.3) is 0 Å². The van der Waals surface area contributed by atoms with Crippen molar-refractivity contribution in [1.82, 2.24) is 0 Å². The van der Waals surface area contributed by atoms with Gasteiger partial charge in [-0.25, -0.2) is 0 Å². The third-order valence-electron chi connectivity index (χ3n) is 4.54. The fourth-order valence-corrected chi connectivity index (χ4v) is 3.98. The van der Waals surface area contributed by atoms with Gasteiger partial charge in [-0.15, -0.1) is 11.6 Å². The van der Waals surface area contributed by atoms with Crippen LogP contribution in [0.5, 0.6) is 17.2 Å². The quantitative estimate of drug-likeness (QED) is 0.624. The second-order valence-corrected chi connectivity index (χ2v) is 7.35. The van der Waals surface area contributed by atoms with Gasteiger partial charge in [-0.05, 0) is 39.7 Å². The second-order valence-electron chi connectivity index (χ2n) is 6.22. The van der Waals surface area contributed by atoms with Crippen molar-refractivity contribution >= 4 is 45.0 Å². The van der Waals surface area contributed by atoms with Gasteiger partial charge in [-0.3, -0.25) is 10.2 Å². The molecule has 150 valence electrons. The van der Waals surface area contributed by atoms with Crippen LogP contribution in [0.15, 0.2) is 34.8 Å². The molecule has 1 heterocycles. The van der Waals surface area contributed by atoms with Crippen LogP contribution in [0.4, 0.5) is 5.69 Å². The number of nitriles is 1. The number of carbonyl (C=O) groups is 1. The van der Waals surface area contributed by atoms with E-state index in [0.717, 1.165) is 11.1 Å². The summed E-state index contributed by atoms with van der Waals surface area (Å²) in [6.45, 7) is 0. The summed E-state index contributed by atoms with van der Waals surface area (Å²) < 4.78 is 17.0. The molecule has 0 saturated carbocycles. The Balaban J connectivity index is 2.13. The Labute approximate surface area is 181 Å². The van der Waals surface area contributed by atoms with E-state index in [1.165, 1.54) is 14.2 Å². The van der Waals surface area contributed by atoms with Gasteiger partial charge in [0, 0.05) is 23.2 Å². The fraction of sp³-hybridized carbons (Fsp3) is 0.250. The van der Waals surface area contributed by atoms with Crippen molar-refractivity contribution in [3.8, 4) is 23.3 Å². The standard InChI is InChI=1S/C20H17BrClN3O4/c1-27-16-6-10(5-14(21)19(16)28-2)18-12-4-3-11(25-17(26)8-22)7-15(12)29-20(24)13(18)9-23/h3-7,13,18,24H,8H2,1-2H3,(H,25,26). The van der Waals surface area contributed by atoms with E-state index in [9.17, 15) is 10.1 Å². The summed E-state index contributed by atoms with van der Waals surface area (Å²) >= 11 is 9.01. The van der Waals surface area contributed by atoms with Crippen molar-refractivity contribution in [2.24, 2.45) is 5.92 Å². The van der Waals surface area contributed by atoms with Crippen LogP contribution in [-0.4, -0.2) is 31.9 Å². The lowest BCUT2D eigenvalue weighted by molar-refractivity contribution is -0.113. The number of methoxy groups -OCH3 is 2. The molecule has 3 rings (SSSR count). The van der Waals surface area contributed by atoms with Gasteiger partial charge in [0.1, 0.15) is 17.5 Å². The fourth-order valence-electron chi connectivity index (χ4n) is 3.29. The molecule has 2 N–H and O–H groups in total. The number of ether oxygens (including phenoxy) is 3. The summed E-state index contributed by atoms with van der Waals surface area (Å²) in [5.41, 5.74) is 1.97. The molecule has 0 aliphatic carbocycles. The number of benzene rings is 2. The number of nitrogens with zero attached hydrogens (tertiary/aromatic N) is 1. The Hall–Kier alpha value is -2.76. The minimum Gasteiger partial charge on any atom is -0.493 e. The molecule has 2 aromatic carbocycles. The molecule has 7 nitrogen and oxygen atoms in total. The first kappa shape index (κ1) is 21.0. The highest BCUT2D eigenvalue weighted by Gasteiger charge is 2.37. The minimum absolute atomic E-state index is 0.170. The number of halogens is 2. The van der Waals surface area contributed by atoms with E-state index >= 15 is 0 Å². The Kier molecular flexibility index (Phi) is 6.30. The average molecular weight is 479 g/mol. The Morgan fingerprint density at radius 2 is 2.10 bits per heavy atom. The van der Waals surface area contributed by atoms with Crippen LogP contribution in [0.25, 0.3) is 0 Å². The molecular formula is C20H17BrClN3O4. The zero-order chi connectivity index (χ0) is 21.1. The van der Waals surface area contributed by atoms with Crippen molar-refractivity contribution in [2.75, 3.05) is 25.4 Å². The zero-order valence-corrected chi connectivity index (χ0v) is 17.9. The molecule has 0 radical (unpaired) electrons. The summed E-state index contributed by atoms with van der Waals surface area (Å²) in [6.07, 6.45) is 0. The smallest absolute Gasteiger partial charge is 0.239 e. The monoisotopic (exact) mass is 477 g/mol. The van der Waals surface area contributed by atoms with Gasteiger partial charge in [0.05, 0.1) is 24.8 Å². The summed E-state index contributed by atoms with van der Waals surface area (Å²) in [4.78, 5) is 11.6. The molecule has 2 unspecified atom stereocenters. The number of hydrogen-bond donors (Lipinski definition) is 2. The zero-order valence-electron chi connectivity index (χ0n) is 15.6. The van der Waals surface area contributed by atoms with Crippen molar-refractivity contribution in [3.63, 3.8) is 0 Å². The molecule has 0 bridgehead atoms. The van der Waals surface area contributed by atoms with E-state index in [-0.39, 0.29) is 17.7 Å². The van der Waals surface area contributed by atoms with Gasteiger partial charge < -0.3 is 19.5 Å².